The molecule has 0 saturated carbocycles. The lowest BCUT2D eigenvalue weighted by Crippen LogP contribution is -2.47. The summed E-state index contributed by atoms with van der Waals surface area (Å²) in [5.74, 6) is -0.427. The molecule has 0 radical (unpaired) electrons. The predicted molar refractivity (Wildman–Crippen MR) is 125 cm³/mol. The van der Waals surface area contributed by atoms with Crippen LogP contribution >= 0.6 is 0 Å². The predicted octanol–water partition coefficient (Wildman–Crippen LogP) is 0.147. The molecule has 3 N–H and O–H groups in total. The minimum absolute atomic E-state index is 0.0301. The molecule has 1 aliphatic rings. The van der Waals surface area contributed by atoms with Crippen molar-refractivity contribution in [3.8, 4) is 17.1 Å². The van der Waals surface area contributed by atoms with Crippen LogP contribution in [0.4, 0.5) is 0 Å². The Kier molecular flexibility index (Phi) is 6.43. The van der Waals surface area contributed by atoms with Crippen molar-refractivity contribution in [1.29, 1.82) is 0 Å². The topological polar surface area (TPSA) is 157 Å². The van der Waals surface area contributed by atoms with Crippen LogP contribution in [-0.4, -0.2) is 83.1 Å². The highest BCUT2D eigenvalue weighted by atomic mass is 32.2. The SMILES string of the molecule is CCCOc1ccc(S(=O)(=O)N2CCN(C)CC2)cc1-c1nc2c(C(N)=O)nn(C)c2c(=O)[nH]1. The Bertz CT molecular complexity index is 1400. The number of likely N-dealkylation sites (N-methyl/N-ethyl adjacent to an activating group) is 1. The summed E-state index contributed by atoms with van der Waals surface area (Å²) < 4.78 is 35.1. The van der Waals surface area contributed by atoms with Crippen LogP contribution in [0, 0.1) is 0 Å². The van der Waals surface area contributed by atoms with E-state index in [2.05, 4.69) is 20.0 Å². The summed E-state index contributed by atoms with van der Waals surface area (Å²) in [6, 6.07) is 4.47. The fourth-order valence-corrected chi connectivity index (χ4v) is 5.29. The van der Waals surface area contributed by atoms with Gasteiger partial charge in [0.15, 0.2) is 11.2 Å². The van der Waals surface area contributed by atoms with Crippen LogP contribution in [0.15, 0.2) is 27.9 Å². The summed E-state index contributed by atoms with van der Waals surface area (Å²) in [5.41, 5.74) is 5.11. The van der Waals surface area contributed by atoms with Crippen molar-refractivity contribution < 1.29 is 17.9 Å². The quantitative estimate of drug-likeness (QED) is 0.475. The highest BCUT2D eigenvalue weighted by Gasteiger charge is 2.29. The van der Waals surface area contributed by atoms with E-state index >= 15 is 0 Å². The lowest BCUT2D eigenvalue weighted by molar-refractivity contribution is 0.0996. The van der Waals surface area contributed by atoms with E-state index in [4.69, 9.17) is 10.5 Å². The van der Waals surface area contributed by atoms with Crippen LogP contribution in [0.3, 0.4) is 0 Å². The third-order valence-corrected chi connectivity index (χ3v) is 7.59. The third kappa shape index (κ3) is 4.29. The number of ether oxygens (including phenoxy) is 1. The van der Waals surface area contributed by atoms with Crippen molar-refractivity contribution in [2.75, 3.05) is 39.8 Å². The number of sulfonamides is 1. The van der Waals surface area contributed by atoms with Gasteiger partial charge in [-0.25, -0.2) is 13.4 Å². The van der Waals surface area contributed by atoms with Gasteiger partial charge in [-0.15, -0.1) is 0 Å². The first kappa shape index (κ1) is 23.9. The van der Waals surface area contributed by atoms with Gasteiger partial charge in [0.2, 0.25) is 10.0 Å². The van der Waals surface area contributed by atoms with Crippen LogP contribution < -0.4 is 16.0 Å². The maximum Gasteiger partial charge on any atom is 0.277 e. The van der Waals surface area contributed by atoms with E-state index in [9.17, 15) is 18.0 Å². The van der Waals surface area contributed by atoms with E-state index in [1.165, 1.54) is 28.2 Å². The normalized spacial score (nSPS) is 15.6. The molecule has 0 bridgehead atoms. The third-order valence-electron chi connectivity index (χ3n) is 5.69. The number of nitrogens with zero attached hydrogens (tertiary/aromatic N) is 5. The molecule has 0 spiro atoms. The highest BCUT2D eigenvalue weighted by molar-refractivity contribution is 7.89. The zero-order valence-electron chi connectivity index (χ0n) is 19.2. The summed E-state index contributed by atoms with van der Waals surface area (Å²) in [6.45, 7) is 4.33. The number of aryl methyl sites for hydroxylation is 1. The van der Waals surface area contributed by atoms with Crippen molar-refractivity contribution >= 4 is 27.0 Å². The summed E-state index contributed by atoms with van der Waals surface area (Å²) in [4.78, 5) is 33.9. The first-order valence-corrected chi connectivity index (χ1v) is 12.3. The number of nitrogens with two attached hydrogens (primary N) is 1. The second kappa shape index (κ2) is 9.16. The standard InChI is InChI=1S/C21H27N7O5S/c1-4-11-33-15-6-5-13(34(31,32)28-9-7-26(2)8-10-28)12-14(15)20-23-16-17(19(22)29)25-27(3)18(16)21(30)24-20/h5-6,12H,4,7-11H2,1-3H3,(H2,22,29)(H,23,24,30). The molecule has 3 aromatic rings. The number of hydrogen-bond acceptors (Lipinski definition) is 8. The molecule has 3 heterocycles. The number of aromatic amines is 1. The number of aromatic nitrogens is 4. The average molecular weight is 490 g/mol. The van der Waals surface area contributed by atoms with Crippen LogP contribution in [0.25, 0.3) is 22.4 Å². The molecular formula is C21H27N7O5S. The molecule has 0 aliphatic carbocycles. The van der Waals surface area contributed by atoms with Gasteiger partial charge in [0.1, 0.15) is 17.1 Å². The van der Waals surface area contributed by atoms with Gasteiger partial charge in [-0.2, -0.15) is 9.40 Å². The van der Waals surface area contributed by atoms with E-state index < -0.39 is 21.5 Å². The van der Waals surface area contributed by atoms with Crippen molar-refractivity contribution in [3.05, 3.63) is 34.2 Å². The highest BCUT2D eigenvalue weighted by Crippen LogP contribution is 2.32. The number of rotatable bonds is 7. The van der Waals surface area contributed by atoms with Gasteiger partial charge >= 0.3 is 0 Å². The van der Waals surface area contributed by atoms with Gasteiger partial charge in [0, 0.05) is 33.2 Å². The summed E-state index contributed by atoms with van der Waals surface area (Å²) in [6.07, 6.45) is 0.720. The number of fused-ring (bicyclic) bond motifs is 1. The van der Waals surface area contributed by atoms with Gasteiger partial charge < -0.3 is 20.4 Å². The van der Waals surface area contributed by atoms with E-state index in [1.807, 2.05) is 14.0 Å². The summed E-state index contributed by atoms with van der Waals surface area (Å²) in [5, 5.41) is 4.00. The summed E-state index contributed by atoms with van der Waals surface area (Å²) in [7, 11) is -0.335. The molecule has 1 aromatic carbocycles. The number of benzene rings is 1. The van der Waals surface area contributed by atoms with E-state index in [-0.39, 0.29) is 33.0 Å². The Morgan fingerprint density at radius 1 is 1.21 bits per heavy atom. The van der Waals surface area contributed by atoms with Crippen molar-refractivity contribution in [1.82, 2.24) is 29.0 Å². The Morgan fingerprint density at radius 3 is 2.56 bits per heavy atom. The van der Waals surface area contributed by atoms with Crippen LogP contribution in [-0.2, 0) is 17.1 Å². The van der Waals surface area contributed by atoms with E-state index in [0.29, 0.717) is 38.5 Å². The molecule has 1 fully saturated rings. The Hall–Kier alpha value is -3.29. The molecule has 12 nitrogen and oxygen atoms in total. The van der Waals surface area contributed by atoms with Crippen molar-refractivity contribution in [2.45, 2.75) is 18.2 Å². The Morgan fingerprint density at radius 2 is 1.91 bits per heavy atom. The molecule has 182 valence electrons. The largest absolute Gasteiger partial charge is 0.493 e. The maximum atomic E-state index is 13.3. The number of hydrogen-bond donors (Lipinski definition) is 2. The Balaban J connectivity index is 1.87. The van der Waals surface area contributed by atoms with Crippen LogP contribution in [0.5, 0.6) is 5.75 Å². The van der Waals surface area contributed by atoms with Crippen molar-refractivity contribution in [3.63, 3.8) is 0 Å². The minimum Gasteiger partial charge on any atom is -0.493 e. The molecule has 1 saturated heterocycles. The number of nitrogens with one attached hydrogen (secondary N) is 1. The Labute approximate surface area is 196 Å². The molecular weight excluding hydrogens is 462 g/mol. The van der Waals surface area contributed by atoms with Gasteiger partial charge in [0.25, 0.3) is 11.5 Å². The second-order valence-corrected chi connectivity index (χ2v) is 10.1. The van der Waals surface area contributed by atoms with Crippen LogP contribution in [0.2, 0.25) is 0 Å². The lowest BCUT2D eigenvalue weighted by Gasteiger charge is -2.31. The molecule has 34 heavy (non-hydrogen) atoms. The molecule has 0 atom stereocenters. The molecule has 1 amide bonds. The molecule has 1 aliphatic heterocycles. The zero-order valence-corrected chi connectivity index (χ0v) is 20.1. The number of H-pyrrole nitrogens is 1. The summed E-state index contributed by atoms with van der Waals surface area (Å²) >= 11 is 0. The monoisotopic (exact) mass is 489 g/mol. The lowest BCUT2D eigenvalue weighted by atomic mass is 10.1. The number of carbonyl (C=O) groups is 1. The number of piperazine rings is 1. The molecule has 0 unspecified atom stereocenters. The van der Waals surface area contributed by atoms with E-state index in [0.717, 1.165) is 6.42 Å². The first-order valence-electron chi connectivity index (χ1n) is 10.9. The van der Waals surface area contributed by atoms with Gasteiger partial charge in [-0.1, -0.05) is 6.92 Å². The smallest absolute Gasteiger partial charge is 0.277 e. The van der Waals surface area contributed by atoms with Crippen LogP contribution in [0.1, 0.15) is 23.8 Å². The number of carbonyl (C=O) groups excluding carboxylic acids is 1. The van der Waals surface area contributed by atoms with Gasteiger partial charge in [0.05, 0.1) is 17.1 Å². The van der Waals surface area contributed by atoms with Gasteiger partial charge in [-0.3, -0.25) is 14.3 Å². The number of primary amides is 1. The van der Waals surface area contributed by atoms with Gasteiger partial charge in [-0.05, 0) is 31.7 Å². The molecule has 13 heteroatoms. The average Bonchev–Trinajstić information content (AvgIpc) is 3.15. The molecule has 4 rings (SSSR count). The maximum absolute atomic E-state index is 13.3. The second-order valence-electron chi connectivity index (χ2n) is 8.16. The minimum atomic E-state index is -3.78. The molecule has 2 aromatic heterocycles. The zero-order chi connectivity index (χ0) is 24.6. The fraction of sp³-hybridized carbons (Fsp3) is 0.429. The van der Waals surface area contributed by atoms with E-state index in [1.54, 1.807) is 6.07 Å². The first-order chi connectivity index (χ1) is 16.1. The van der Waals surface area contributed by atoms with Crippen molar-refractivity contribution in [2.24, 2.45) is 12.8 Å². The number of amides is 1. The fourth-order valence-electron chi connectivity index (χ4n) is 3.84.